The van der Waals surface area contributed by atoms with Gasteiger partial charge in [-0.1, -0.05) is 6.07 Å². The van der Waals surface area contributed by atoms with Gasteiger partial charge in [0.05, 0.1) is 25.4 Å². The van der Waals surface area contributed by atoms with Gasteiger partial charge < -0.3 is 25.4 Å². The summed E-state index contributed by atoms with van der Waals surface area (Å²) in [6.07, 6.45) is 4.35. The molecule has 1 aliphatic rings. The maximum absolute atomic E-state index is 6.09. The molecular weight excluding hydrogens is 481 g/mol. The Bertz CT molecular complexity index is 792. The number of halogens is 1. The zero-order chi connectivity index (χ0) is 19.8. The van der Waals surface area contributed by atoms with E-state index in [0.29, 0.717) is 31.5 Å². The summed E-state index contributed by atoms with van der Waals surface area (Å²) in [4.78, 5) is 11.3. The average molecular weight is 511 g/mol. The molecule has 0 unspecified atom stereocenters. The first-order chi connectivity index (χ1) is 13.7. The van der Waals surface area contributed by atoms with Crippen LogP contribution in [0.5, 0.6) is 11.5 Å². The van der Waals surface area contributed by atoms with Crippen molar-refractivity contribution in [2.24, 2.45) is 10.7 Å². The molecular formula is C21H30IN5O2. The lowest BCUT2D eigenvalue weighted by molar-refractivity contribution is 0.332. The third-order valence-corrected chi connectivity index (χ3v) is 4.50. The zero-order valence-electron chi connectivity index (χ0n) is 17.1. The van der Waals surface area contributed by atoms with Crippen LogP contribution >= 0.6 is 24.0 Å². The number of aromatic nitrogens is 1. The van der Waals surface area contributed by atoms with Gasteiger partial charge in [0.15, 0.2) is 5.96 Å². The van der Waals surface area contributed by atoms with Crippen molar-refractivity contribution >= 4 is 41.4 Å². The van der Waals surface area contributed by atoms with E-state index in [0.717, 1.165) is 35.9 Å². The molecule has 1 aromatic carbocycles. The van der Waals surface area contributed by atoms with Crippen LogP contribution in [0, 0.1) is 0 Å². The van der Waals surface area contributed by atoms with Crippen molar-refractivity contribution in [2.45, 2.75) is 33.2 Å². The summed E-state index contributed by atoms with van der Waals surface area (Å²) in [6.45, 7) is 7.68. The number of guanidine groups is 1. The van der Waals surface area contributed by atoms with Crippen LogP contribution in [0.15, 0.2) is 41.5 Å². The van der Waals surface area contributed by atoms with E-state index in [1.807, 2.05) is 38.2 Å². The Morgan fingerprint density at radius 2 is 1.90 bits per heavy atom. The van der Waals surface area contributed by atoms with E-state index < -0.39 is 0 Å². The van der Waals surface area contributed by atoms with Crippen LogP contribution < -0.4 is 25.4 Å². The van der Waals surface area contributed by atoms with Gasteiger partial charge in [0.2, 0.25) is 0 Å². The zero-order valence-corrected chi connectivity index (χ0v) is 19.4. The normalized spacial score (nSPS) is 13.7. The van der Waals surface area contributed by atoms with Crippen molar-refractivity contribution in [3.05, 3.63) is 42.1 Å². The fourth-order valence-corrected chi connectivity index (χ4v) is 3.14. The quantitative estimate of drug-likeness (QED) is 0.317. The molecule has 0 radical (unpaired) electrons. The van der Waals surface area contributed by atoms with Crippen LogP contribution in [0.1, 0.15) is 32.3 Å². The summed E-state index contributed by atoms with van der Waals surface area (Å²) in [5.74, 6) is 2.81. The lowest BCUT2D eigenvalue weighted by atomic mass is 10.2. The molecule has 8 heteroatoms. The minimum absolute atomic E-state index is 0. The lowest BCUT2D eigenvalue weighted by Gasteiger charge is -2.16. The predicted octanol–water partition coefficient (Wildman–Crippen LogP) is 4.02. The van der Waals surface area contributed by atoms with Crippen LogP contribution in [0.25, 0.3) is 0 Å². The summed E-state index contributed by atoms with van der Waals surface area (Å²) < 4.78 is 11.2. The second-order valence-corrected chi connectivity index (χ2v) is 6.57. The number of aliphatic imine (C=N–C) groups is 1. The third-order valence-electron chi connectivity index (χ3n) is 4.50. The minimum Gasteiger partial charge on any atom is -0.494 e. The molecule has 0 aliphatic carbocycles. The Kier molecular flexibility index (Phi) is 9.30. The van der Waals surface area contributed by atoms with Crippen molar-refractivity contribution in [1.82, 2.24) is 4.98 Å². The van der Waals surface area contributed by atoms with Gasteiger partial charge in [0.25, 0.3) is 0 Å². The predicted molar refractivity (Wildman–Crippen MR) is 129 cm³/mol. The highest BCUT2D eigenvalue weighted by Crippen LogP contribution is 2.29. The molecule has 29 heavy (non-hydrogen) atoms. The van der Waals surface area contributed by atoms with Crippen LogP contribution in [-0.2, 0) is 6.54 Å². The average Bonchev–Trinajstić information content (AvgIpc) is 3.24. The molecule has 0 spiro atoms. The molecule has 0 amide bonds. The molecule has 1 aliphatic heterocycles. The highest BCUT2D eigenvalue weighted by Gasteiger charge is 2.13. The summed E-state index contributed by atoms with van der Waals surface area (Å²) in [5, 5.41) is 3.11. The van der Waals surface area contributed by atoms with E-state index >= 15 is 0 Å². The topological polar surface area (TPSA) is 85.0 Å². The Hall–Kier alpha value is -2.23. The van der Waals surface area contributed by atoms with E-state index in [-0.39, 0.29) is 24.0 Å². The van der Waals surface area contributed by atoms with Gasteiger partial charge in [-0.15, -0.1) is 24.0 Å². The number of nitrogens with one attached hydrogen (secondary N) is 1. The molecule has 3 rings (SSSR count). The molecule has 7 nitrogen and oxygen atoms in total. The highest BCUT2D eigenvalue weighted by molar-refractivity contribution is 14.0. The third kappa shape index (κ3) is 6.66. The van der Waals surface area contributed by atoms with E-state index in [2.05, 4.69) is 32.3 Å². The Morgan fingerprint density at radius 1 is 1.14 bits per heavy atom. The molecule has 1 aromatic heterocycles. The van der Waals surface area contributed by atoms with Crippen LogP contribution in [0.2, 0.25) is 0 Å². The number of rotatable bonds is 8. The van der Waals surface area contributed by atoms with E-state index in [1.165, 1.54) is 12.8 Å². The molecule has 0 atom stereocenters. The van der Waals surface area contributed by atoms with Crippen LogP contribution in [0.3, 0.4) is 0 Å². The van der Waals surface area contributed by atoms with Crippen molar-refractivity contribution in [3.8, 4) is 11.5 Å². The van der Waals surface area contributed by atoms with E-state index in [1.54, 1.807) is 0 Å². The molecule has 2 heterocycles. The smallest absolute Gasteiger partial charge is 0.193 e. The standard InChI is InChI=1S/C21H29N5O2.HI/c1-3-27-17-8-9-19(28-4-2)18(13-17)25-21(22)24-15-16-7-10-20(23-14-16)26-11-5-6-12-26;/h7-10,13-14H,3-6,11-12,15H2,1-2H3,(H3,22,24,25);1H. The first-order valence-corrected chi connectivity index (χ1v) is 9.86. The van der Waals surface area contributed by atoms with Crippen molar-refractivity contribution in [3.63, 3.8) is 0 Å². The summed E-state index contributed by atoms with van der Waals surface area (Å²) in [6, 6.07) is 9.71. The Labute approximate surface area is 189 Å². The Morgan fingerprint density at radius 3 is 2.55 bits per heavy atom. The van der Waals surface area contributed by atoms with Crippen molar-refractivity contribution in [2.75, 3.05) is 36.5 Å². The van der Waals surface area contributed by atoms with Crippen LogP contribution in [-0.4, -0.2) is 37.2 Å². The molecule has 1 saturated heterocycles. The molecule has 0 bridgehead atoms. The Balaban J connectivity index is 0.00000300. The van der Waals surface area contributed by atoms with Gasteiger partial charge in [-0.2, -0.15) is 0 Å². The fraction of sp³-hybridized carbons (Fsp3) is 0.429. The van der Waals surface area contributed by atoms with E-state index in [4.69, 9.17) is 15.2 Å². The number of nitrogens with two attached hydrogens (primary N) is 1. The molecule has 158 valence electrons. The van der Waals surface area contributed by atoms with Gasteiger partial charge in [0.1, 0.15) is 17.3 Å². The summed E-state index contributed by atoms with van der Waals surface area (Å²) in [7, 11) is 0. The number of benzene rings is 1. The van der Waals surface area contributed by atoms with Crippen molar-refractivity contribution in [1.29, 1.82) is 0 Å². The number of hydrogen-bond acceptors (Lipinski definition) is 5. The molecule has 0 saturated carbocycles. The highest BCUT2D eigenvalue weighted by atomic mass is 127. The largest absolute Gasteiger partial charge is 0.494 e. The second kappa shape index (κ2) is 11.7. The monoisotopic (exact) mass is 511 g/mol. The number of anilines is 2. The van der Waals surface area contributed by atoms with Gasteiger partial charge >= 0.3 is 0 Å². The number of ether oxygens (including phenoxy) is 2. The molecule has 1 fully saturated rings. The maximum atomic E-state index is 6.09. The maximum Gasteiger partial charge on any atom is 0.193 e. The van der Waals surface area contributed by atoms with Gasteiger partial charge in [-0.3, -0.25) is 0 Å². The second-order valence-electron chi connectivity index (χ2n) is 6.57. The number of pyridine rings is 1. The SMILES string of the molecule is CCOc1ccc(OCC)c(NC(N)=NCc2ccc(N3CCCC3)nc2)c1.I. The lowest BCUT2D eigenvalue weighted by Crippen LogP contribution is -2.23. The van der Waals surface area contributed by atoms with Gasteiger partial charge in [0, 0.05) is 25.4 Å². The molecule has 3 N–H and O–H groups in total. The molecule has 2 aromatic rings. The summed E-state index contributed by atoms with van der Waals surface area (Å²) >= 11 is 0. The van der Waals surface area contributed by atoms with Crippen molar-refractivity contribution < 1.29 is 9.47 Å². The number of nitrogens with zero attached hydrogens (tertiary/aromatic N) is 3. The van der Waals surface area contributed by atoms with Gasteiger partial charge in [-0.05, 0) is 50.5 Å². The fourth-order valence-electron chi connectivity index (χ4n) is 3.14. The van der Waals surface area contributed by atoms with E-state index in [9.17, 15) is 0 Å². The first-order valence-electron chi connectivity index (χ1n) is 9.86. The first kappa shape index (κ1) is 23.1. The minimum atomic E-state index is 0. The van der Waals surface area contributed by atoms with Gasteiger partial charge in [-0.25, -0.2) is 9.98 Å². The van der Waals surface area contributed by atoms with Crippen LogP contribution in [0.4, 0.5) is 11.5 Å². The summed E-state index contributed by atoms with van der Waals surface area (Å²) in [5.41, 5.74) is 7.83. The number of hydrogen-bond donors (Lipinski definition) is 2.